The minimum Gasteiger partial charge on any atom is -0.390 e. The number of hydrogen-bond donors (Lipinski definition) is 1. The van der Waals surface area contributed by atoms with Crippen LogP contribution in [0.1, 0.15) is 11.3 Å². The molecule has 0 fully saturated rings. The van der Waals surface area contributed by atoms with E-state index in [4.69, 9.17) is 0 Å². The average molecular weight is 283 g/mol. The van der Waals surface area contributed by atoms with Crippen LogP contribution in [-0.2, 0) is 13.2 Å². The Labute approximate surface area is 121 Å². The molecule has 3 rings (SSSR count). The van der Waals surface area contributed by atoms with Gasteiger partial charge in [-0.05, 0) is 6.07 Å². The Morgan fingerprint density at radius 2 is 1.67 bits per heavy atom. The van der Waals surface area contributed by atoms with E-state index in [0.29, 0.717) is 17.0 Å². The summed E-state index contributed by atoms with van der Waals surface area (Å²) in [5.74, 6) is -0.290. The van der Waals surface area contributed by atoms with Gasteiger partial charge in [-0.3, -0.25) is 0 Å². The van der Waals surface area contributed by atoms with Gasteiger partial charge in [-0.2, -0.15) is 15.0 Å². The van der Waals surface area contributed by atoms with Gasteiger partial charge in [0.15, 0.2) is 0 Å². The summed E-state index contributed by atoms with van der Waals surface area (Å²) in [5.41, 5.74) is 2.49. The predicted octanol–water partition coefficient (Wildman–Crippen LogP) is 2.62. The van der Waals surface area contributed by atoms with E-state index in [0.717, 1.165) is 5.56 Å². The van der Waals surface area contributed by atoms with Crippen molar-refractivity contribution in [2.75, 3.05) is 0 Å². The molecule has 1 heterocycles. The minimum atomic E-state index is -0.290. The molecule has 0 radical (unpaired) electrons. The quantitative estimate of drug-likeness (QED) is 0.800. The third-order valence-electron chi connectivity index (χ3n) is 3.19. The molecule has 2 aromatic carbocycles. The van der Waals surface area contributed by atoms with Crippen LogP contribution in [-0.4, -0.2) is 20.1 Å². The lowest BCUT2D eigenvalue weighted by molar-refractivity contribution is 0.276. The van der Waals surface area contributed by atoms with Crippen LogP contribution in [0.2, 0.25) is 0 Å². The summed E-state index contributed by atoms with van der Waals surface area (Å²) in [4.78, 5) is 1.41. The van der Waals surface area contributed by atoms with Gasteiger partial charge in [0.25, 0.3) is 0 Å². The van der Waals surface area contributed by atoms with Gasteiger partial charge in [0.05, 0.1) is 13.2 Å². The molecule has 4 nitrogen and oxygen atoms in total. The number of aliphatic hydroxyl groups excluding tert-OH is 1. The number of halogens is 1. The molecule has 0 saturated carbocycles. The van der Waals surface area contributed by atoms with Gasteiger partial charge in [-0.1, -0.05) is 48.5 Å². The molecule has 1 N–H and O–H groups in total. The second kappa shape index (κ2) is 5.85. The normalized spacial score (nSPS) is 10.8. The monoisotopic (exact) mass is 283 g/mol. The van der Waals surface area contributed by atoms with E-state index in [2.05, 4.69) is 10.2 Å². The van der Waals surface area contributed by atoms with Gasteiger partial charge < -0.3 is 5.11 Å². The van der Waals surface area contributed by atoms with Crippen LogP contribution in [0.5, 0.6) is 0 Å². The van der Waals surface area contributed by atoms with Crippen molar-refractivity contribution in [3.8, 4) is 11.3 Å². The highest BCUT2D eigenvalue weighted by Gasteiger charge is 2.13. The summed E-state index contributed by atoms with van der Waals surface area (Å²) in [6.45, 7) is 0.0218. The van der Waals surface area contributed by atoms with Crippen LogP contribution >= 0.6 is 0 Å². The first-order valence-corrected chi connectivity index (χ1v) is 6.61. The highest BCUT2D eigenvalue weighted by atomic mass is 19.1. The highest BCUT2D eigenvalue weighted by Crippen LogP contribution is 2.20. The lowest BCUT2D eigenvalue weighted by Gasteiger charge is -2.01. The second-order valence-corrected chi connectivity index (χ2v) is 4.64. The fourth-order valence-corrected chi connectivity index (χ4v) is 2.16. The van der Waals surface area contributed by atoms with Gasteiger partial charge in [0.2, 0.25) is 0 Å². The van der Waals surface area contributed by atoms with Crippen molar-refractivity contribution >= 4 is 0 Å². The molecule has 0 spiro atoms. The third kappa shape index (κ3) is 2.83. The summed E-state index contributed by atoms with van der Waals surface area (Å²) in [7, 11) is 0. The Morgan fingerprint density at radius 1 is 0.952 bits per heavy atom. The first-order valence-electron chi connectivity index (χ1n) is 6.61. The maximum Gasteiger partial charge on any atom is 0.128 e. The zero-order chi connectivity index (χ0) is 14.7. The number of rotatable bonds is 4. The van der Waals surface area contributed by atoms with Crippen molar-refractivity contribution in [2.24, 2.45) is 0 Å². The Morgan fingerprint density at radius 3 is 2.38 bits per heavy atom. The maximum atomic E-state index is 13.7. The molecule has 0 amide bonds. The van der Waals surface area contributed by atoms with Crippen molar-refractivity contribution in [3.63, 3.8) is 0 Å². The topological polar surface area (TPSA) is 50.9 Å². The maximum absolute atomic E-state index is 13.7. The predicted molar refractivity (Wildman–Crippen MR) is 76.9 cm³/mol. The molecule has 106 valence electrons. The Balaban J connectivity index is 1.95. The number of aromatic nitrogens is 3. The molecule has 0 atom stereocenters. The van der Waals surface area contributed by atoms with E-state index in [1.54, 1.807) is 18.2 Å². The first kappa shape index (κ1) is 13.5. The number of aliphatic hydroxyl groups is 1. The lowest BCUT2D eigenvalue weighted by Crippen LogP contribution is -2.06. The van der Waals surface area contributed by atoms with E-state index >= 15 is 0 Å². The van der Waals surface area contributed by atoms with Crippen LogP contribution < -0.4 is 0 Å². The van der Waals surface area contributed by atoms with Crippen molar-refractivity contribution in [1.29, 1.82) is 0 Å². The van der Waals surface area contributed by atoms with E-state index < -0.39 is 0 Å². The second-order valence-electron chi connectivity index (χ2n) is 4.64. The smallest absolute Gasteiger partial charge is 0.128 e. The van der Waals surface area contributed by atoms with Crippen LogP contribution in [0.3, 0.4) is 0 Å². The summed E-state index contributed by atoms with van der Waals surface area (Å²) in [5, 5.41) is 18.0. The largest absolute Gasteiger partial charge is 0.390 e. The molecule has 0 aliphatic rings. The van der Waals surface area contributed by atoms with Gasteiger partial charge in [-0.15, -0.1) is 0 Å². The fourth-order valence-electron chi connectivity index (χ4n) is 2.16. The van der Waals surface area contributed by atoms with Gasteiger partial charge in [0.1, 0.15) is 17.2 Å². The average Bonchev–Trinajstić information content (AvgIpc) is 2.93. The highest BCUT2D eigenvalue weighted by molar-refractivity contribution is 5.60. The van der Waals surface area contributed by atoms with Crippen molar-refractivity contribution in [3.05, 3.63) is 71.7 Å². The number of nitrogens with zero attached hydrogens (tertiary/aromatic N) is 3. The molecule has 0 saturated heterocycles. The summed E-state index contributed by atoms with van der Waals surface area (Å²) in [6, 6.07) is 16.0. The third-order valence-corrected chi connectivity index (χ3v) is 3.19. The van der Waals surface area contributed by atoms with E-state index in [1.165, 1.54) is 10.9 Å². The summed E-state index contributed by atoms with van der Waals surface area (Å²) in [6.07, 6.45) is 0. The molecule has 0 aliphatic heterocycles. The number of benzene rings is 2. The standard InChI is InChI=1S/C16H14FN3O/c17-14-9-5-4-8-13(14)10-20-18-15(11-21)16(19-20)12-6-2-1-3-7-12/h1-9,21H,10-11H2. The fraction of sp³-hybridized carbons (Fsp3) is 0.125. The SMILES string of the molecule is OCc1nn(Cc2ccccc2F)nc1-c1ccccc1. The molecule has 1 aromatic heterocycles. The first-order chi connectivity index (χ1) is 10.3. The van der Waals surface area contributed by atoms with Gasteiger partial charge >= 0.3 is 0 Å². The molecule has 5 heteroatoms. The van der Waals surface area contributed by atoms with Crippen LogP contribution in [0.4, 0.5) is 4.39 Å². The molecule has 0 bridgehead atoms. The Hall–Kier alpha value is -2.53. The van der Waals surface area contributed by atoms with Crippen LogP contribution in [0.15, 0.2) is 54.6 Å². The van der Waals surface area contributed by atoms with Crippen molar-refractivity contribution < 1.29 is 9.50 Å². The van der Waals surface area contributed by atoms with Crippen molar-refractivity contribution in [2.45, 2.75) is 13.2 Å². The van der Waals surface area contributed by atoms with E-state index in [-0.39, 0.29) is 19.0 Å². The minimum absolute atomic E-state index is 0.207. The molecule has 3 aromatic rings. The van der Waals surface area contributed by atoms with E-state index in [9.17, 15) is 9.50 Å². The van der Waals surface area contributed by atoms with Gasteiger partial charge in [-0.25, -0.2) is 4.39 Å². The van der Waals surface area contributed by atoms with Gasteiger partial charge in [0, 0.05) is 11.1 Å². The molecule has 21 heavy (non-hydrogen) atoms. The van der Waals surface area contributed by atoms with E-state index in [1.807, 2.05) is 30.3 Å². The molecular weight excluding hydrogens is 269 g/mol. The zero-order valence-electron chi connectivity index (χ0n) is 11.3. The molecule has 0 aliphatic carbocycles. The lowest BCUT2D eigenvalue weighted by atomic mass is 10.1. The summed E-state index contributed by atoms with van der Waals surface area (Å²) >= 11 is 0. The summed E-state index contributed by atoms with van der Waals surface area (Å²) < 4.78 is 13.7. The Bertz CT molecular complexity index is 740. The molecule has 0 unspecified atom stereocenters. The van der Waals surface area contributed by atoms with Crippen LogP contribution in [0, 0.1) is 5.82 Å². The number of hydrogen-bond acceptors (Lipinski definition) is 3. The molecular formula is C16H14FN3O. The Kier molecular flexibility index (Phi) is 3.75. The van der Waals surface area contributed by atoms with Crippen LogP contribution in [0.25, 0.3) is 11.3 Å². The van der Waals surface area contributed by atoms with Crippen molar-refractivity contribution in [1.82, 2.24) is 15.0 Å². The zero-order valence-corrected chi connectivity index (χ0v) is 11.3.